The molecule has 0 fully saturated rings. The lowest BCUT2D eigenvalue weighted by molar-refractivity contribution is -0.135. The van der Waals surface area contributed by atoms with E-state index in [4.69, 9.17) is 0 Å². The van der Waals surface area contributed by atoms with Crippen LogP contribution in [0.25, 0.3) is 0 Å². The third kappa shape index (κ3) is 5.15. The van der Waals surface area contributed by atoms with Crippen LogP contribution in [0.5, 0.6) is 0 Å². The molecule has 0 heterocycles. The van der Waals surface area contributed by atoms with E-state index >= 15 is 0 Å². The van der Waals surface area contributed by atoms with Crippen LogP contribution in [-0.2, 0) is 4.79 Å². The molecule has 0 aliphatic carbocycles. The Kier molecular flexibility index (Phi) is 8.59. The van der Waals surface area contributed by atoms with E-state index in [0.29, 0.717) is 13.1 Å². The maximum absolute atomic E-state index is 12.2. The Hall–Kier alpha value is -1.05. The summed E-state index contributed by atoms with van der Waals surface area (Å²) >= 11 is 0. The van der Waals surface area contributed by atoms with Crippen LogP contribution in [0, 0.1) is 5.92 Å². The second-order valence-corrected chi connectivity index (χ2v) is 4.09. The molecule has 0 aliphatic heterocycles. The van der Waals surface area contributed by atoms with Crippen molar-refractivity contribution >= 4 is 5.91 Å². The van der Waals surface area contributed by atoms with Gasteiger partial charge in [-0.15, -0.1) is 13.2 Å². The van der Waals surface area contributed by atoms with E-state index in [1.165, 1.54) is 0 Å². The zero-order chi connectivity index (χ0) is 12.4. The molecule has 0 aliphatic rings. The van der Waals surface area contributed by atoms with Crippen LogP contribution >= 0.6 is 0 Å². The van der Waals surface area contributed by atoms with Crippen LogP contribution in [0.1, 0.15) is 39.5 Å². The Morgan fingerprint density at radius 3 is 1.88 bits per heavy atom. The molecule has 0 radical (unpaired) electrons. The number of nitrogens with zero attached hydrogens (tertiary/aromatic N) is 1. The summed E-state index contributed by atoms with van der Waals surface area (Å²) in [7, 11) is 0. The zero-order valence-corrected chi connectivity index (χ0v) is 10.7. The van der Waals surface area contributed by atoms with Gasteiger partial charge in [-0.3, -0.25) is 4.79 Å². The average Bonchev–Trinajstić information content (AvgIpc) is 2.27. The molecule has 0 saturated carbocycles. The quantitative estimate of drug-likeness (QED) is 0.549. The molecule has 0 spiro atoms. The number of amides is 1. The van der Waals surface area contributed by atoms with Crippen molar-refractivity contribution < 1.29 is 4.79 Å². The van der Waals surface area contributed by atoms with Crippen molar-refractivity contribution in [2.24, 2.45) is 5.92 Å². The molecule has 16 heavy (non-hydrogen) atoms. The number of hydrogen-bond acceptors (Lipinski definition) is 1. The Morgan fingerprint density at radius 2 is 1.56 bits per heavy atom. The second-order valence-electron chi connectivity index (χ2n) is 4.09. The van der Waals surface area contributed by atoms with Crippen molar-refractivity contribution in [2.45, 2.75) is 39.5 Å². The van der Waals surface area contributed by atoms with Gasteiger partial charge < -0.3 is 4.90 Å². The molecule has 0 saturated heterocycles. The van der Waals surface area contributed by atoms with Gasteiger partial charge in [0.2, 0.25) is 5.91 Å². The van der Waals surface area contributed by atoms with Gasteiger partial charge in [-0.1, -0.05) is 38.8 Å². The lowest BCUT2D eigenvalue weighted by Crippen LogP contribution is -2.36. The molecular formula is C14H25NO. The predicted octanol–water partition coefficient (Wildman–Crippen LogP) is 3.40. The van der Waals surface area contributed by atoms with Crippen LogP contribution in [-0.4, -0.2) is 23.9 Å². The summed E-state index contributed by atoms with van der Waals surface area (Å²) in [5.41, 5.74) is 0. The summed E-state index contributed by atoms with van der Waals surface area (Å²) in [5.74, 6) is 0.429. The van der Waals surface area contributed by atoms with E-state index in [0.717, 1.165) is 25.7 Å². The first-order chi connectivity index (χ1) is 7.71. The monoisotopic (exact) mass is 223 g/mol. The maximum Gasteiger partial charge on any atom is 0.226 e. The van der Waals surface area contributed by atoms with Crippen molar-refractivity contribution in [1.29, 1.82) is 0 Å². The van der Waals surface area contributed by atoms with Crippen molar-refractivity contribution in [1.82, 2.24) is 4.90 Å². The van der Waals surface area contributed by atoms with Crippen LogP contribution in [0.4, 0.5) is 0 Å². The van der Waals surface area contributed by atoms with Gasteiger partial charge in [0.25, 0.3) is 0 Å². The fourth-order valence-corrected chi connectivity index (χ4v) is 1.91. The van der Waals surface area contributed by atoms with Crippen molar-refractivity contribution in [3.05, 3.63) is 25.3 Å². The summed E-state index contributed by atoms with van der Waals surface area (Å²) in [4.78, 5) is 14.1. The van der Waals surface area contributed by atoms with Gasteiger partial charge in [-0.2, -0.15) is 0 Å². The fraction of sp³-hybridized carbons (Fsp3) is 0.643. The Labute approximate surface area is 100 Å². The molecule has 0 bridgehead atoms. The number of rotatable bonds is 9. The Bertz CT molecular complexity index is 207. The summed E-state index contributed by atoms with van der Waals surface area (Å²) < 4.78 is 0. The summed E-state index contributed by atoms with van der Waals surface area (Å²) in [6, 6.07) is 0. The Balaban J connectivity index is 4.49. The number of hydrogen-bond donors (Lipinski definition) is 0. The maximum atomic E-state index is 12.2. The Morgan fingerprint density at radius 1 is 1.12 bits per heavy atom. The highest BCUT2D eigenvalue weighted by molar-refractivity contribution is 5.79. The lowest BCUT2D eigenvalue weighted by atomic mass is 9.96. The minimum atomic E-state index is 0.176. The van der Waals surface area contributed by atoms with Gasteiger partial charge in [-0.05, 0) is 12.8 Å². The van der Waals surface area contributed by atoms with Crippen LogP contribution in [0.15, 0.2) is 25.3 Å². The van der Waals surface area contributed by atoms with E-state index in [9.17, 15) is 4.79 Å². The molecule has 2 heteroatoms. The third-order valence-electron chi connectivity index (χ3n) is 2.63. The molecule has 0 N–H and O–H groups in total. The molecule has 0 aromatic heterocycles. The van der Waals surface area contributed by atoms with E-state index in [1.807, 2.05) is 4.90 Å². The van der Waals surface area contributed by atoms with Gasteiger partial charge in [0.15, 0.2) is 0 Å². The van der Waals surface area contributed by atoms with E-state index in [2.05, 4.69) is 27.0 Å². The number of carbonyl (C=O) groups is 1. The molecule has 0 aromatic carbocycles. The zero-order valence-electron chi connectivity index (χ0n) is 10.7. The first-order valence-corrected chi connectivity index (χ1v) is 6.21. The summed E-state index contributed by atoms with van der Waals surface area (Å²) in [6.45, 7) is 12.9. The second kappa shape index (κ2) is 9.20. The third-order valence-corrected chi connectivity index (χ3v) is 2.63. The van der Waals surface area contributed by atoms with Crippen molar-refractivity contribution in [3.8, 4) is 0 Å². The lowest BCUT2D eigenvalue weighted by Gasteiger charge is -2.25. The fourth-order valence-electron chi connectivity index (χ4n) is 1.91. The summed E-state index contributed by atoms with van der Waals surface area (Å²) in [5, 5.41) is 0. The highest BCUT2D eigenvalue weighted by Gasteiger charge is 2.21. The average molecular weight is 223 g/mol. The first kappa shape index (κ1) is 14.9. The molecule has 2 nitrogen and oxygen atoms in total. The van der Waals surface area contributed by atoms with Gasteiger partial charge in [0, 0.05) is 19.0 Å². The van der Waals surface area contributed by atoms with Gasteiger partial charge >= 0.3 is 0 Å². The predicted molar refractivity (Wildman–Crippen MR) is 70.3 cm³/mol. The van der Waals surface area contributed by atoms with E-state index in [1.54, 1.807) is 12.2 Å². The molecule has 0 rings (SSSR count). The van der Waals surface area contributed by atoms with Crippen LogP contribution in [0.2, 0.25) is 0 Å². The van der Waals surface area contributed by atoms with Crippen LogP contribution in [0.3, 0.4) is 0 Å². The molecule has 1 amide bonds. The minimum absolute atomic E-state index is 0.176. The molecular weight excluding hydrogens is 198 g/mol. The highest BCUT2D eigenvalue weighted by atomic mass is 16.2. The molecule has 92 valence electrons. The van der Waals surface area contributed by atoms with Crippen molar-refractivity contribution in [3.63, 3.8) is 0 Å². The molecule has 0 atom stereocenters. The van der Waals surface area contributed by atoms with Gasteiger partial charge in [-0.25, -0.2) is 0 Å². The number of carbonyl (C=O) groups excluding carboxylic acids is 1. The van der Waals surface area contributed by atoms with Gasteiger partial charge in [0.05, 0.1) is 0 Å². The van der Waals surface area contributed by atoms with Gasteiger partial charge in [0.1, 0.15) is 0 Å². The van der Waals surface area contributed by atoms with Crippen molar-refractivity contribution in [2.75, 3.05) is 13.1 Å². The standard InChI is InChI=1S/C14H25NO/c1-5-9-13(10-6-2)14(16)15(11-7-3)12-8-4/h7-8,13H,3-6,9-12H2,1-2H3. The normalized spacial score (nSPS) is 10.2. The van der Waals surface area contributed by atoms with E-state index in [-0.39, 0.29) is 11.8 Å². The topological polar surface area (TPSA) is 20.3 Å². The molecule has 0 aromatic rings. The van der Waals surface area contributed by atoms with E-state index < -0.39 is 0 Å². The molecule has 0 unspecified atom stereocenters. The highest BCUT2D eigenvalue weighted by Crippen LogP contribution is 2.16. The smallest absolute Gasteiger partial charge is 0.226 e. The largest absolute Gasteiger partial charge is 0.335 e. The SMILES string of the molecule is C=CCN(CC=C)C(=O)C(CCC)CCC. The minimum Gasteiger partial charge on any atom is -0.335 e. The van der Waals surface area contributed by atoms with Crippen LogP contribution < -0.4 is 0 Å². The first-order valence-electron chi connectivity index (χ1n) is 6.21. The summed E-state index contributed by atoms with van der Waals surface area (Å²) in [6.07, 6.45) is 7.64.